The molecule has 1 aliphatic carbocycles. The summed E-state index contributed by atoms with van der Waals surface area (Å²) in [7, 11) is 0. The van der Waals surface area contributed by atoms with Crippen LogP contribution >= 0.6 is 0 Å². The molecule has 23 heavy (non-hydrogen) atoms. The van der Waals surface area contributed by atoms with Crippen molar-refractivity contribution in [1.82, 2.24) is 15.5 Å². The van der Waals surface area contributed by atoms with Gasteiger partial charge in [-0.25, -0.2) is 4.79 Å². The van der Waals surface area contributed by atoms with Gasteiger partial charge in [0, 0.05) is 32.5 Å². The molecule has 2 N–H and O–H groups in total. The molecule has 1 aliphatic heterocycles. The first-order valence-corrected chi connectivity index (χ1v) is 8.50. The average molecular weight is 315 g/mol. The summed E-state index contributed by atoms with van der Waals surface area (Å²) in [5.41, 5.74) is 1.13. The maximum Gasteiger partial charge on any atom is 0.318 e. The Morgan fingerprint density at radius 3 is 2.61 bits per heavy atom. The van der Waals surface area contributed by atoms with Crippen LogP contribution in [0.5, 0.6) is 0 Å². The molecular formula is C18H25N3O2. The Kier molecular flexibility index (Phi) is 4.55. The number of nitrogens with one attached hydrogen (secondary N) is 2. The first-order valence-electron chi connectivity index (χ1n) is 8.50. The molecule has 3 rings (SSSR count). The van der Waals surface area contributed by atoms with Gasteiger partial charge in [0.15, 0.2) is 0 Å². The van der Waals surface area contributed by atoms with Crippen molar-refractivity contribution in [3.63, 3.8) is 0 Å². The lowest BCUT2D eigenvalue weighted by atomic mass is 9.62. The fraction of sp³-hybridized carbons (Fsp3) is 0.556. The summed E-state index contributed by atoms with van der Waals surface area (Å²) < 4.78 is 0. The largest absolute Gasteiger partial charge is 0.355 e. The minimum Gasteiger partial charge on any atom is -0.355 e. The number of carbonyl (C=O) groups is 2. The Balaban J connectivity index is 1.69. The minimum absolute atomic E-state index is 0.0163. The van der Waals surface area contributed by atoms with Crippen molar-refractivity contribution in [3.05, 3.63) is 35.9 Å². The number of fused-ring (bicyclic) bond motifs is 1. The molecule has 124 valence electrons. The first-order chi connectivity index (χ1) is 11.1. The summed E-state index contributed by atoms with van der Waals surface area (Å²) in [6, 6.07) is 10.4. The van der Waals surface area contributed by atoms with Crippen LogP contribution in [0.4, 0.5) is 4.79 Å². The molecule has 1 saturated carbocycles. The fourth-order valence-electron chi connectivity index (χ4n) is 4.13. The second-order valence-electron chi connectivity index (χ2n) is 6.56. The molecule has 0 aromatic heterocycles. The van der Waals surface area contributed by atoms with Crippen molar-refractivity contribution in [2.24, 2.45) is 5.92 Å². The van der Waals surface area contributed by atoms with Crippen LogP contribution in [0.1, 0.15) is 38.2 Å². The van der Waals surface area contributed by atoms with Gasteiger partial charge in [0.05, 0.1) is 5.54 Å². The van der Waals surface area contributed by atoms with Crippen LogP contribution in [-0.4, -0.2) is 36.5 Å². The van der Waals surface area contributed by atoms with Crippen molar-refractivity contribution < 1.29 is 9.59 Å². The third-order valence-electron chi connectivity index (χ3n) is 5.21. The average Bonchev–Trinajstić information content (AvgIpc) is 2.53. The quantitative estimate of drug-likeness (QED) is 0.837. The van der Waals surface area contributed by atoms with Crippen LogP contribution in [0.15, 0.2) is 30.3 Å². The molecule has 2 fully saturated rings. The van der Waals surface area contributed by atoms with Crippen LogP contribution < -0.4 is 10.6 Å². The van der Waals surface area contributed by atoms with Crippen LogP contribution in [0.2, 0.25) is 0 Å². The molecule has 1 aromatic rings. The van der Waals surface area contributed by atoms with Crippen molar-refractivity contribution in [1.29, 1.82) is 0 Å². The Labute approximate surface area is 137 Å². The van der Waals surface area contributed by atoms with Gasteiger partial charge in [0.25, 0.3) is 0 Å². The molecule has 3 amide bonds. The summed E-state index contributed by atoms with van der Waals surface area (Å²) in [5, 5.41) is 5.64. The normalized spacial score (nSPS) is 26.0. The summed E-state index contributed by atoms with van der Waals surface area (Å²) in [6.45, 7) is 3.25. The summed E-state index contributed by atoms with van der Waals surface area (Å²) >= 11 is 0. The van der Waals surface area contributed by atoms with Gasteiger partial charge in [0.2, 0.25) is 5.91 Å². The second kappa shape index (κ2) is 6.60. The third-order valence-corrected chi connectivity index (χ3v) is 5.21. The Morgan fingerprint density at radius 2 is 1.91 bits per heavy atom. The van der Waals surface area contributed by atoms with Gasteiger partial charge >= 0.3 is 6.03 Å². The highest BCUT2D eigenvalue weighted by Gasteiger charge is 2.56. The molecule has 1 aromatic carbocycles. The molecule has 0 unspecified atom stereocenters. The van der Waals surface area contributed by atoms with E-state index in [0.29, 0.717) is 19.0 Å². The Hall–Kier alpha value is -2.04. The van der Waals surface area contributed by atoms with Crippen molar-refractivity contribution >= 4 is 11.9 Å². The fourth-order valence-corrected chi connectivity index (χ4v) is 4.13. The molecule has 0 radical (unpaired) electrons. The van der Waals surface area contributed by atoms with E-state index in [2.05, 4.69) is 34.9 Å². The lowest BCUT2D eigenvalue weighted by Crippen LogP contribution is -2.69. The van der Waals surface area contributed by atoms with E-state index < -0.39 is 0 Å². The summed E-state index contributed by atoms with van der Waals surface area (Å²) in [6.07, 6.45) is 4.67. The van der Waals surface area contributed by atoms with E-state index in [-0.39, 0.29) is 17.5 Å². The smallest absolute Gasteiger partial charge is 0.318 e. The minimum atomic E-state index is -0.127. The highest BCUT2D eigenvalue weighted by atomic mass is 16.2. The van der Waals surface area contributed by atoms with E-state index in [0.717, 1.165) is 13.0 Å². The maximum absolute atomic E-state index is 12.6. The molecule has 1 heterocycles. The zero-order valence-electron chi connectivity index (χ0n) is 13.7. The number of carbonyl (C=O) groups excluding carboxylic acids is 2. The second-order valence-corrected chi connectivity index (χ2v) is 6.56. The van der Waals surface area contributed by atoms with Gasteiger partial charge < -0.3 is 15.5 Å². The van der Waals surface area contributed by atoms with E-state index in [1.807, 2.05) is 11.0 Å². The van der Waals surface area contributed by atoms with Gasteiger partial charge in [-0.3, -0.25) is 4.79 Å². The van der Waals surface area contributed by atoms with Gasteiger partial charge in [-0.15, -0.1) is 0 Å². The predicted molar refractivity (Wildman–Crippen MR) is 88.9 cm³/mol. The van der Waals surface area contributed by atoms with Gasteiger partial charge in [-0.1, -0.05) is 43.2 Å². The summed E-state index contributed by atoms with van der Waals surface area (Å²) in [5.74, 6) is 0.496. The van der Waals surface area contributed by atoms with E-state index >= 15 is 0 Å². The number of rotatable bonds is 4. The Bertz CT molecular complexity index is 575. The van der Waals surface area contributed by atoms with Gasteiger partial charge in [-0.05, 0) is 18.4 Å². The monoisotopic (exact) mass is 315 g/mol. The van der Waals surface area contributed by atoms with E-state index in [9.17, 15) is 9.59 Å². The molecule has 0 bridgehead atoms. The molecule has 2 aliphatic rings. The van der Waals surface area contributed by atoms with Gasteiger partial charge in [0.1, 0.15) is 0 Å². The van der Waals surface area contributed by atoms with Crippen LogP contribution in [-0.2, 0) is 10.3 Å². The molecule has 0 spiro atoms. The number of hydrogen-bond acceptors (Lipinski definition) is 2. The lowest BCUT2D eigenvalue weighted by molar-refractivity contribution is -0.118. The molecule has 5 nitrogen and oxygen atoms in total. The van der Waals surface area contributed by atoms with E-state index in [1.54, 1.807) is 0 Å². The third kappa shape index (κ3) is 2.92. The van der Waals surface area contributed by atoms with Crippen LogP contribution in [0.25, 0.3) is 0 Å². The standard InChI is InChI=1S/C18H25N3O2/c1-14(22)19-11-12-20-17(23)21-13-16-9-5-6-10-18(16,21)15-7-3-2-4-8-15/h2-4,7-8,16H,5-6,9-13H2,1H3,(H,19,22)(H,20,23)/t16-,18-/m1/s1. The van der Waals surface area contributed by atoms with Crippen molar-refractivity contribution in [2.45, 2.75) is 38.1 Å². The topological polar surface area (TPSA) is 61.4 Å². The first kappa shape index (κ1) is 15.8. The highest BCUT2D eigenvalue weighted by Crippen LogP contribution is 2.53. The van der Waals surface area contributed by atoms with E-state index in [1.165, 1.54) is 31.7 Å². The van der Waals surface area contributed by atoms with Crippen LogP contribution in [0, 0.1) is 5.92 Å². The zero-order chi connectivity index (χ0) is 16.3. The molecule has 5 heteroatoms. The number of benzene rings is 1. The number of amides is 3. The van der Waals surface area contributed by atoms with Gasteiger partial charge in [-0.2, -0.15) is 0 Å². The number of hydrogen-bond donors (Lipinski definition) is 2. The predicted octanol–water partition coefficient (Wildman–Crippen LogP) is 2.23. The summed E-state index contributed by atoms with van der Waals surface area (Å²) in [4.78, 5) is 25.5. The zero-order valence-corrected chi connectivity index (χ0v) is 13.7. The lowest BCUT2D eigenvalue weighted by Gasteiger charge is -2.61. The molecular weight excluding hydrogens is 290 g/mol. The number of likely N-dealkylation sites (tertiary alicyclic amines) is 1. The van der Waals surface area contributed by atoms with Crippen LogP contribution in [0.3, 0.4) is 0 Å². The van der Waals surface area contributed by atoms with E-state index in [4.69, 9.17) is 0 Å². The molecule has 2 atom stereocenters. The highest BCUT2D eigenvalue weighted by molar-refractivity contribution is 5.77. The number of nitrogens with zero attached hydrogens (tertiary/aromatic N) is 1. The molecule has 1 saturated heterocycles. The Morgan fingerprint density at radius 1 is 1.17 bits per heavy atom. The maximum atomic E-state index is 12.6. The van der Waals surface area contributed by atoms with Crippen molar-refractivity contribution in [2.75, 3.05) is 19.6 Å². The van der Waals surface area contributed by atoms with Crippen molar-refractivity contribution in [3.8, 4) is 0 Å². The number of urea groups is 1. The SMILES string of the molecule is CC(=O)NCCNC(=O)N1C[C@H]2CCCC[C@@]21c1ccccc1.